The van der Waals surface area contributed by atoms with Crippen molar-refractivity contribution in [2.75, 3.05) is 9.80 Å². The van der Waals surface area contributed by atoms with E-state index in [0.717, 1.165) is 138 Å². The van der Waals surface area contributed by atoms with E-state index in [0.29, 0.717) is 0 Å². The van der Waals surface area contributed by atoms with E-state index < -0.39 is 0 Å². The van der Waals surface area contributed by atoms with Crippen LogP contribution in [0.15, 0.2) is 256 Å². The van der Waals surface area contributed by atoms with Crippen LogP contribution >= 0.6 is 0 Å². The van der Waals surface area contributed by atoms with Crippen LogP contribution in [0.1, 0.15) is 52.7 Å². The number of fused-ring (bicyclic) bond motifs is 13. The zero-order valence-electron chi connectivity index (χ0n) is 46.2. The van der Waals surface area contributed by atoms with Crippen LogP contribution in [0.3, 0.4) is 0 Å². The van der Waals surface area contributed by atoms with Crippen molar-refractivity contribution in [3.05, 3.63) is 254 Å². The van der Waals surface area contributed by atoms with E-state index in [1.54, 1.807) is 0 Å². The Morgan fingerprint density at radius 3 is 1.09 bits per heavy atom. The standard InChI is InChI=1S/C76H58N2O3/c1-75(2,3)62-33-17-29-57-59-31-19-35-64(73(59)80-71(57)62)77(51-41-37-49(38-42-51)47-21-9-7-10-22-47)66-45-61-69-55-27-15-13-25-53(55)67(46-68(69)79-70(61)56-28-16-14-26-54(56)66)78(52-43-39-50(40-44-52)48-23-11-8-12-24-48)65-36-20-32-60-58-30-18-34-63(76(4,5)6)72(58)81-74(60)65/h7-46H,1-6H3. The van der Waals surface area contributed by atoms with Gasteiger partial charge in [0.25, 0.3) is 0 Å². The molecule has 0 atom stereocenters. The number of anilines is 6. The van der Waals surface area contributed by atoms with Crippen molar-refractivity contribution >= 4 is 121 Å². The molecule has 0 aliphatic heterocycles. The molecule has 0 saturated carbocycles. The molecule has 0 saturated heterocycles. The number of para-hydroxylation sites is 4. The van der Waals surface area contributed by atoms with Crippen LogP contribution in [0.2, 0.25) is 0 Å². The summed E-state index contributed by atoms with van der Waals surface area (Å²) in [5.74, 6) is 0. The molecule has 0 aliphatic carbocycles. The summed E-state index contributed by atoms with van der Waals surface area (Å²) in [5.41, 5.74) is 17.7. The van der Waals surface area contributed by atoms with Crippen LogP contribution in [-0.2, 0) is 10.8 Å². The Balaban J connectivity index is 0.996. The van der Waals surface area contributed by atoms with Crippen molar-refractivity contribution in [3.63, 3.8) is 0 Å². The van der Waals surface area contributed by atoms with Gasteiger partial charge in [-0.15, -0.1) is 0 Å². The first-order chi connectivity index (χ1) is 39.5. The molecule has 15 aromatic rings. The monoisotopic (exact) mass is 1050 g/mol. The highest BCUT2D eigenvalue weighted by Crippen LogP contribution is 2.52. The fourth-order valence-corrected chi connectivity index (χ4v) is 12.6. The molecule has 0 unspecified atom stereocenters. The Morgan fingerprint density at radius 1 is 0.259 bits per heavy atom. The number of nitrogens with zero attached hydrogens (tertiary/aromatic N) is 2. The van der Waals surface area contributed by atoms with E-state index in [-0.39, 0.29) is 10.8 Å². The van der Waals surface area contributed by atoms with Gasteiger partial charge in [-0.2, -0.15) is 0 Å². The molecule has 0 bridgehead atoms. The Hall–Kier alpha value is -9.84. The Labute approximate surface area is 470 Å². The molecular weight excluding hydrogens is 989 g/mol. The minimum atomic E-state index is -0.131. The average Bonchev–Trinajstić information content (AvgIpc) is 2.80. The van der Waals surface area contributed by atoms with Crippen molar-refractivity contribution in [2.45, 2.75) is 52.4 Å². The number of hydrogen-bond donors (Lipinski definition) is 0. The van der Waals surface area contributed by atoms with Crippen molar-refractivity contribution in [3.8, 4) is 22.3 Å². The van der Waals surface area contributed by atoms with Crippen LogP contribution in [0, 0.1) is 0 Å². The fraction of sp³-hybridized carbons (Fsp3) is 0.105. The van der Waals surface area contributed by atoms with E-state index >= 15 is 0 Å². The van der Waals surface area contributed by atoms with Crippen LogP contribution in [0.25, 0.3) is 110 Å². The third-order valence-corrected chi connectivity index (χ3v) is 16.5. The normalized spacial score (nSPS) is 12.3. The smallest absolute Gasteiger partial charge is 0.159 e. The van der Waals surface area contributed by atoms with Crippen LogP contribution < -0.4 is 9.80 Å². The minimum absolute atomic E-state index is 0.131. The maximum absolute atomic E-state index is 7.38. The third kappa shape index (κ3) is 7.82. The first kappa shape index (κ1) is 48.3. The Bertz CT molecular complexity index is 4940. The van der Waals surface area contributed by atoms with Gasteiger partial charge in [0.2, 0.25) is 0 Å². The average molecular weight is 1050 g/mol. The Kier molecular flexibility index (Phi) is 11.0. The lowest BCUT2D eigenvalue weighted by molar-refractivity contribution is 0.572. The molecule has 12 aromatic carbocycles. The van der Waals surface area contributed by atoms with Gasteiger partial charge in [0.15, 0.2) is 11.2 Å². The predicted octanol–water partition coefficient (Wildman–Crippen LogP) is 22.6. The molecule has 15 rings (SSSR count). The zero-order valence-corrected chi connectivity index (χ0v) is 46.2. The van der Waals surface area contributed by atoms with Crippen molar-refractivity contribution in [1.82, 2.24) is 0 Å². The summed E-state index contributed by atoms with van der Waals surface area (Å²) < 4.78 is 21.8. The highest BCUT2D eigenvalue weighted by molar-refractivity contribution is 6.28. The second-order valence-corrected chi connectivity index (χ2v) is 23.6. The summed E-state index contributed by atoms with van der Waals surface area (Å²) in [6.07, 6.45) is 0. The summed E-state index contributed by atoms with van der Waals surface area (Å²) in [7, 11) is 0. The van der Waals surface area contributed by atoms with Crippen LogP contribution in [0.4, 0.5) is 34.1 Å². The lowest BCUT2D eigenvalue weighted by Gasteiger charge is -2.27. The summed E-state index contributed by atoms with van der Waals surface area (Å²) in [5, 5.41) is 10.6. The van der Waals surface area contributed by atoms with E-state index in [4.69, 9.17) is 13.3 Å². The molecule has 390 valence electrons. The molecule has 81 heavy (non-hydrogen) atoms. The molecule has 0 N–H and O–H groups in total. The molecule has 3 heterocycles. The van der Waals surface area contributed by atoms with Crippen molar-refractivity contribution in [2.24, 2.45) is 0 Å². The van der Waals surface area contributed by atoms with Gasteiger partial charge in [-0.1, -0.05) is 236 Å². The summed E-state index contributed by atoms with van der Waals surface area (Å²) in [6.45, 7) is 13.5. The SMILES string of the molecule is CC(C)(C)c1cccc2c1oc1c(N(c3ccc(-c4ccccc4)cc3)c3cc4c(oc5cc(N(c6ccc(-c7ccccc7)cc6)c6cccc7c6oc6c(C(C)(C)C)cccc67)c6ccccc6c54)c4ccccc34)cccc12. The summed E-state index contributed by atoms with van der Waals surface area (Å²) in [6, 6.07) is 87.3. The molecule has 3 aromatic heterocycles. The molecule has 0 aliphatic rings. The molecule has 0 fully saturated rings. The molecule has 0 spiro atoms. The summed E-state index contributed by atoms with van der Waals surface area (Å²) >= 11 is 0. The van der Waals surface area contributed by atoms with E-state index in [2.05, 4.69) is 294 Å². The molecule has 5 heteroatoms. The van der Waals surface area contributed by atoms with Gasteiger partial charge < -0.3 is 23.1 Å². The van der Waals surface area contributed by atoms with Crippen molar-refractivity contribution < 1.29 is 13.3 Å². The van der Waals surface area contributed by atoms with E-state index in [1.165, 1.54) is 16.7 Å². The summed E-state index contributed by atoms with van der Waals surface area (Å²) in [4.78, 5) is 4.77. The van der Waals surface area contributed by atoms with Crippen LogP contribution in [0.5, 0.6) is 0 Å². The largest absolute Gasteiger partial charge is 0.455 e. The maximum Gasteiger partial charge on any atom is 0.159 e. The number of rotatable bonds is 8. The van der Waals surface area contributed by atoms with Crippen LogP contribution in [-0.4, -0.2) is 0 Å². The fourth-order valence-electron chi connectivity index (χ4n) is 12.6. The van der Waals surface area contributed by atoms with Gasteiger partial charge in [0.1, 0.15) is 22.3 Å². The Morgan fingerprint density at radius 2 is 0.617 bits per heavy atom. The third-order valence-electron chi connectivity index (χ3n) is 16.5. The predicted molar refractivity (Wildman–Crippen MR) is 341 cm³/mol. The first-order valence-corrected chi connectivity index (χ1v) is 28.1. The molecule has 0 amide bonds. The second kappa shape index (κ2) is 18.4. The lowest BCUT2D eigenvalue weighted by atomic mass is 9.86. The zero-order chi connectivity index (χ0) is 54.7. The van der Waals surface area contributed by atoms with Gasteiger partial charge in [0.05, 0.1) is 22.7 Å². The highest BCUT2D eigenvalue weighted by atomic mass is 16.3. The van der Waals surface area contributed by atoms with Gasteiger partial charge >= 0.3 is 0 Å². The second-order valence-electron chi connectivity index (χ2n) is 23.6. The number of furan rings is 3. The van der Waals surface area contributed by atoms with E-state index in [9.17, 15) is 0 Å². The number of benzene rings is 12. The quantitative estimate of drug-likeness (QED) is 0.152. The molecule has 5 nitrogen and oxygen atoms in total. The molecular formula is C76H58N2O3. The van der Waals surface area contributed by atoms with Gasteiger partial charge in [-0.3, -0.25) is 0 Å². The van der Waals surface area contributed by atoms with Gasteiger partial charge in [0, 0.05) is 77.0 Å². The van der Waals surface area contributed by atoms with Gasteiger partial charge in [-0.25, -0.2) is 0 Å². The topological polar surface area (TPSA) is 45.9 Å². The first-order valence-electron chi connectivity index (χ1n) is 28.1. The lowest BCUT2D eigenvalue weighted by Crippen LogP contribution is -2.11. The number of hydrogen-bond acceptors (Lipinski definition) is 5. The van der Waals surface area contributed by atoms with Gasteiger partial charge in [-0.05, 0) is 80.9 Å². The van der Waals surface area contributed by atoms with Crippen molar-refractivity contribution in [1.29, 1.82) is 0 Å². The molecule has 0 radical (unpaired) electrons. The minimum Gasteiger partial charge on any atom is -0.455 e. The van der Waals surface area contributed by atoms with E-state index in [1.807, 2.05) is 0 Å². The maximum atomic E-state index is 7.38. The highest BCUT2D eigenvalue weighted by Gasteiger charge is 2.29.